The van der Waals surface area contributed by atoms with E-state index in [0.29, 0.717) is 5.56 Å². The van der Waals surface area contributed by atoms with Gasteiger partial charge >= 0.3 is 0 Å². The first-order valence-corrected chi connectivity index (χ1v) is 11.1. The highest BCUT2D eigenvalue weighted by molar-refractivity contribution is 6.52. The number of carbonyl (C=O) groups is 2. The van der Waals surface area contributed by atoms with Gasteiger partial charge in [0, 0.05) is 18.1 Å². The summed E-state index contributed by atoms with van der Waals surface area (Å²) in [5.74, 6) is -3.14. The lowest BCUT2D eigenvalue weighted by Crippen LogP contribution is -2.29. The molecule has 0 radical (unpaired) electrons. The van der Waals surface area contributed by atoms with Gasteiger partial charge in [0.1, 0.15) is 16.6 Å². The van der Waals surface area contributed by atoms with Gasteiger partial charge < -0.3 is 14.6 Å². The predicted molar refractivity (Wildman–Crippen MR) is 130 cm³/mol. The topological polar surface area (TPSA) is 89.0 Å². The summed E-state index contributed by atoms with van der Waals surface area (Å²) in [6.07, 6.45) is 2.93. The molecule has 1 unspecified atom stereocenters. The molecule has 1 N–H and O–H groups in total. The smallest absolute Gasteiger partial charge is 0.300 e. The minimum Gasteiger partial charge on any atom is -0.507 e. The van der Waals surface area contributed by atoms with Crippen molar-refractivity contribution >= 4 is 57.9 Å². The molecular weight excluding hydrogens is 522 g/mol. The first kappa shape index (κ1) is 24.8. The van der Waals surface area contributed by atoms with Crippen molar-refractivity contribution in [1.29, 1.82) is 0 Å². The fourth-order valence-electron chi connectivity index (χ4n) is 3.89. The van der Waals surface area contributed by atoms with Crippen molar-refractivity contribution in [3.05, 3.63) is 86.4 Å². The van der Waals surface area contributed by atoms with Gasteiger partial charge in [0.05, 0.1) is 41.4 Å². The van der Waals surface area contributed by atoms with Crippen molar-refractivity contribution in [1.82, 2.24) is 4.98 Å². The van der Waals surface area contributed by atoms with Crippen LogP contribution >= 0.6 is 34.8 Å². The van der Waals surface area contributed by atoms with Crippen molar-refractivity contribution in [3.8, 4) is 11.5 Å². The highest BCUT2D eigenvalue weighted by Crippen LogP contribution is 2.48. The molecule has 4 rings (SSSR count). The zero-order valence-corrected chi connectivity index (χ0v) is 20.5. The molecule has 7 nitrogen and oxygen atoms in total. The number of nitrogens with zero attached hydrogens (tertiary/aromatic N) is 2. The highest BCUT2D eigenvalue weighted by Gasteiger charge is 2.47. The average Bonchev–Trinajstić information content (AvgIpc) is 3.11. The third kappa shape index (κ3) is 4.18. The molecule has 1 aliphatic rings. The van der Waals surface area contributed by atoms with Crippen LogP contribution in [0.1, 0.15) is 17.2 Å². The summed E-state index contributed by atoms with van der Waals surface area (Å²) in [6, 6.07) is 6.96. The van der Waals surface area contributed by atoms with Crippen LogP contribution in [0, 0.1) is 5.82 Å². The number of pyridine rings is 1. The summed E-state index contributed by atoms with van der Waals surface area (Å²) < 4.78 is 24.4. The zero-order valence-electron chi connectivity index (χ0n) is 18.2. The zero-order chi connectivity index (χ0) is 25.4. The Balaban J connectivity index is 2.01. The summed E-state index contributed by atoms with van der Waals surface area (Å²) in [5, 5.41) is 11.1. The molecule has 0 saturated carbocycles. The number of aliphatic hydroxyl groups is 1. The molecule has 1 aliphatic heterocycles. The Kier molecular flexibility index (Phi) is 6.89. The molecule has 1 aromatic heterocycles. The number of carbonyl (C=O) groups excluding carboxylic acids is 2. The molecule has 0 bridgehead atoms. The maximum Gasteiger partial charge on any atom is 0.300 e. The van der Waals surface area contributed by atoms with Crippen LogP contribution in [-0.2, 0) is 9.59 Å². The minimum absolute atomic E-state index is 0.0186. The molecule has 2 heterocycles. The molecule has 1 atom stereocenters. The van der Waals surface area contributed by atoms with Gasteiger partial charge in [-0.3, -0.25) is 19.5 Å². The number of benzene rings is 2. The third-order valence-corrected chi connectivity index (χ3v) is 6.36. The van der Waals surface area contributed by atoms with E-state index in [9.17, 15) is 19.1 Å². The average molecular weight is 538 g/mol. The molecule has 11 heteroatoms. The monoisotopic (exact) mass is 536 g/mol. The molecular formula is C24H16Cl3FN2O5. The molecule has 1 saturated heterocycles. The Labute approximate surface area is 214 Å². The number of ether oxygens (including phenoxy) is 2. The van der Waals surface area contributed by atoms with E-state index in [1.54, 1.807) is 12.1 Å². The van der Waals surface area contributed by atoms with Crippen molar-refractivity contribution < 1.29 is 28.6 Å². The minimum atomic E-state index is -1.11. The molecule has 1 amide bonds. The van der Waals surface area contributed by atoms with Crippen LogP contribution in [0.15, 0.2) is 54.4 Å². The standard InChI is InChI=1S/C24H16Cl3FN2O5/c1-34-22-13(10-15(26)23(35-2)18(22)27)20(31)17-19(11-5-7-29-8-6-11)30(24(33)21(17)32)12-3-4-16(28)14(25)9-12/h3-10,19,31H,1-2H3/b20-17+. The van der Waals surface area contributed by atoms with E-state index < -0.39 is 29.3 Å². The van der Waals surface area contributed by atoms with Gasteiger partial charge in [0.25, 0.3) is 11.7 Å². The second kappa shape index (κ2) is 9.73. The van der Waals surface area contributed by atoms with Gasteiger partial charge in [-0.25, -0.2) is 4.39 Å². The highest BCUT2D eigenvalue weighted by atomic mass is 35.5. The van der Waals surface area contributed by atoms with Gasteiger partial charge in [-0.15, -0.1) is 0 Å². The van der Waals surface area contributed by atoms with Gasteiger partial charge in [0.2, 0.25) is 0 Å². The Morgan fingerprint density at radius 1 is 1.00 bits per heavy atom. The molecule has 2 aromatic carbocycles. The number of halogens is 4. The number of methoxy groups -OCH3 is 2. The number of aliphatic hydroxyl groups excluding tert-OH is 1. The number of aromatic nitrogens is 1. The van der Waals surface area contributed by atoms with E-state index in [4.69, 9.17) is 44.3 Å². The number of hydrogen-bond acceptors (Lipinski definition) is 6. The lowest BCUT2D eigenvalue weighted by atomic mass is 9.95. The molecule has 35 heavy (non-hydrogen) atoms. The Hall–Kier alpha value is -3.33. The summed E-state index contributed by atoms with van der Waals surface area (Å²) in [5.41, 5.74) is 0.303. The van der Waals surface area contributed by atoms with E-state index >= 15 is 0 Å². The van der Waals surface area contributed by atoms with Crippen LogP contribution in [0.2, 0.25) is 15.1 Å². The SMILES string of the molecule is COc1c(Cl)cc(/C(O)=C2\C(=O)C(=O)N(c3ccc(F)c(Cl)c3)C2c2ccncc2)c(OC)c1Cl. The summed E-state index contributed by atoms with van der Waals surface area (Å²) >= 11 is 18.6. The van der Waals surface area contributed by atoms with Crippen LogP contribution in [0.4, 0.5) is 10.1 Å². The number of rotatable bonds is 5. The van der Waals surface area contributed by atoms with Gasteiger partial charge in [-0.1, -0.05) is 34.8 Å². The van der Waals surface area contributed by atoms with Crippen molar-refractivity contribution in [2.75, 3.05) is 19.1 Å². The second-order valence-corrected chi connectivity index (χ2v) is 8.53. The lowest BCUT2D eigenvalue weighted by Gasteiger charge is -2.25. The Morgan fingerprint density at radius 3 is 2.26 bits per heavy atom. The normalized spacial score (nSPS) is 17.1. The van der Waals surface area contributed by atoms with E-state index in [1.807, 2.05) is 0 Å². The largest absolute Gasteiger partial charge is 0.507 e. The number of Topliss-reactive ketones (excluding diaryl/α,β-unsaturated/α-hetero) is 1. The van der Waals surface area contributed by atoms with Crippen LogP contribution < -0.4 is 14.4 Å². The molecule has 1 fully saturated rings. The predicted octanol–water partition coefficient (Wildman–Crippen LogP) is 5.82. The number of amides is 1. The summed E-state index contributed by atoms with van der Waals surface area (Å²) in [4.78, 5) is 31.6. The fourth-order valence-corrected chi connectivity index (χ4v) is 4.75. The van der Waals surface area contributed by atoms with Crippen molar-refractivity contribution in [3.63, 3.8) is 0 Å². The van der Waals surface area contributed by atoms with Crippen molar-refractivity contribution in [2.45, 2.75) is 6.04 Å². The first-order valence-electron chi connectivity index (χ1n) is 9.97. The molecule has 0 aliphatic carbocycles. The van der Waals surface area contributed by atoms with Gasteiger partial charge in [0.15, 0.2) is 11.5 Å². The van der Waals surface area contributed by atoms with Crippen LogP contribution in [-0.4, -0.2) is 36.0 Å². The van der Waals surface area contributed by atoms with E-state index in [-0.39, 0.29) is 43.4 Å². The quantitative estimate of drug-likeness (QED) is 0.250. The fraction of sp³-hybridized carbons (Fsp3) is 0.125. The maximum atomic E-state index is 13.8. The second-order valence-electron chi connectivity index (χ2n) is 7.33. The van der Waals surface area contributed by atoms with E-state index in [1.165, 1.54) is 44.8 Å². The summed E-state index contributed by atoms with van der Waals surface area (Å²) in [6.45, 7) is 0. The number of hydrogen-bond donors (Lipinski definition) is 1. The van der Waals surface area contributed by atoms with Crippen molar-refractivity contribution in [2.24, 2.45) is 0 Å². The van der Waals surface area contributed by atoms with Gasteiger partial charge in [-0.2, -0.15) is 0 Å². The van der Waals surface area contributed by atoms with Crippen LogP contribution in [0.3, 0.4) is 0 Å². The van der Waals surface area contributed by atoms with Gasteiger partial charge in [-0.05, 0) is 42.0 Å². The molecule has 3 aromatic rings. The van der Waals surface area contributed by atoms with E-state index in [2.05, 4.69) is 4.98 Å². The summed E-state index contributed by atoms with van der Waals surface area (Å²) in [7, 11) is 2.67. The lowest BCUT2D eigenvalue weighted by molar-refractivity contribution is -0.132. The maximum absolute atomic E-state index is 13.8. The molecule has 0 spiro atoms. The van der Waals surface area contributed by atoms with E-state index in [0.717, 1.165) is 11.0 Å². The molecule has 180 valence electrons. The van der Waals surface area contributed by atoms with Crippen LogP contribution in [0.5, 0.6) is 11.5 Å². The first-order chi connectivity index (χ1) is 16.7. The Morgan fingerprint density at radius 2 is 1.66 bits per heavy atom. The van der Waals surface area contributed by atoms with Crippen LogP contribution in [0.25, 0.3) is 5.76 Å². The third-order valence-electron chi connectivity index (χ3n) is 5.44. The number of anilines is 1. The Bertz CT molecular complexity index is 1380. The number of ketones is 1.